The Labute approximate surface area is 159 Å². The van der Waals surface area contributed by atoms with Crippen molar-refractivity contribution in [2.45, 2.75) is 51.6 Å². The van der Waals surface area contributed by atoms with Gasteiger partial charge >= 0.3 is 0 Å². The Balaban J connectivity index is 0.00000264. The van der Waals surface area contributed by atoms with E-state index in [2.05, 4.69) is 46.3 Å². The fourth-order valence-electron chi connectivity index (χ4n) is 3.46. The number of aliphatic imine (C=N–C) groups is 1. The van der Waals surface area contributed by atoms with Crippen molar-refractivity contribution in [1.82, 2.24) is 20.4 Å². The van der Waals surface area contributed by atoms with E-state index < -0.39 is 0 Å². The van der Waals surface area contributed by atoms with E-state index in [1.165, 1.54) is 51.9 Å². The summed E-state index contributed by atoms with van der Waals surface area (Å²) in [7, 11) is 4.10. The van der Waals surface area contributed by atoms with Crippen LogP contribution in [0.5, 0.6) is 0 Å². The average molecular weight is 437 g/mol. The summed E-state index contributed by atoms with van der Waals surface area (Å²) in [6.07, 6.45) is 5.03. The normalized spacial score (nSPS) is 22.9. The van der Waals surface area contributed by atoms with Gasteiger partial charge in [-0.25, -0.2) is 0 Å². The molecule has 0 radical (unpaired) electrons. The van der Waals surface area contributed by atoms with Crippen molar-refractivity contribution in [2.24, 2.45) is 10.9 Å². The highest BCUT2D eigenvalue weighted by molar-refractivity contribution is 14.0. The number of likely N-dealkylation sites (tertiary alicyclic amines) is 2. The van der Waals surface area contributed by atoms with Gasteiger partial charge in [-0.05, 0) is 65.6 Å². The highest BCUT2D eigenvalue weighted by Gasteiger charge is 2.22. The van der Waals surface area contributed by atoms with Crippen LogP contribution in [0, 0.1) is 5.92 Å². The smallest absolute Gasteiger partial charge is 0.191 e. The van der Waals surface area contributed by atoms with Crippen molar-refractivity contribution >= 4 is 29.9 Å². The monoisotopic (exact) mass is 437 g/mol. The molecule has 0 aromatic carbocycles. The van der Waals surface area contributed by atoms with E-state index >= 15 is 0 Å². The van der Waals surface area contributed by atoms with Crippen LogP contribution in [0.15, 0.2) is 4.99 Å². The van der Waals surface area contributed by atoms with Gasteiger partial charge < -0.3 is 20.4 Å². The zero-order chi connectivity index (χ0) is 15.9. The van der Waals surface area contributed by atoms with Gasteiger partial charge in [0.1, 0.15) is 0 Å². The van der Waals surface area contributed by atoms with Gasteiger partial charge in [0.25, 0.3) is 0 Å². The number of hydrogen-bond acceptors (Lipinski definition) is 3. The largest absolute Gasteiger partial charge is 0.356 e. The number of nitrogens with one attached hydrogen (secondary N) is 2. The molecule has 0 bridgehead atoms. The van der Waals surface area contributed by atoms with Gasteiger partial charge in [0.05, 0.1) is 0 Å². The first kappa shape index (κ1) is 21.0. The highest BCUT2D eigenvalue weighted by atomic mass is 127. The molecule has 6 heteroatoms. The van der Waals surface area contributed by atoms with Crippen molar-refractivity contribution in [3.05, 3.63) is 0 Å². The first-order valence-electron chi connectivity index (χ1n) is 8.98. The van der Waals surface area contributed by atoms with Gasteiger partial charge in [0, 0.05) is 38.8 Å². The SMILES string of the molecule is CN=C(NCC1CCN(C)CC1)NC1CCN(C(C)C)CC1.I. The summed E-state index contributed by atoms with van der Waals surface area (Å²) in [5.74, 6) is 1.78. The molecule has 2 aliphatic rings. The second kappa shape index (κ2) is 10.7. The fraction of sp³-hybridized carbons (Fsp3) is 0.941. The molecular formula is C17H36IN5. The summed E-state index contributed by atoms with van der Waals surface area (Å²) in [5, 5.41) is 7.16. The van der Waals surface area contributed by atoms with Gasteiger partial charge in [-0.1, -0.05) is 0 Å². The van der Waals surface area contributed by atoms with Crippen LogP contribution < -0.4 is 10.6 Å². The quantitative estimate of drug-likeness (QED) is 0.401. The highest BCUT2D eigenvalue weighted by Crippen LogP contribution is 2.15. The maximum Gasteiger partial charge on any atom is 0.191 e. The van der Waals surface area contributed by atoms with Crippen LogP contribution in [0.3, 0.4) is 0 Å². The minimum atomic E-state index is 0. The van der Waals surface area contributed by atoms with Gasteiger partial charge in [-0.15, -0.1) is 24.0 Å². The molecular weight excluding hydrogens is 401 g/mol. The number of halogens is 1. The van der Waals surface area contributed by atoms with Gasteiger partial charge in [-0.2, -0.15) is 0 Å². The number of piperidine rings is 2. The molecule has 2 N–H and O–H groups in total. The van der Waals surface area contributed by atoms with Crippen LogP contribution in [-0.4, -0.2) is 74.7 Å². The molecule has 2 rings (SSSR count). The van der Waals surface area contributed by atoms with Crippen molar-refractivity contribution in [2.75, 3.05) is 46.8 Å². The molecule has 23 heavy (non-hydrogen) atoms. The molecule has 2 saturated heterocycles. The van der Waals surface area contributed by atoms with E-state index in [-0.39, 0.29) is 24.0 Å². The second-order valence-corrected chi connectivity index (χ2v) is 7.25. The lowest BCUT2D eigenvalue weighted by molar-refractivity contribution is 0.167. The predicted molar refractivity (Wildman–Crippen MR) is 110 cm³/mol. The van der Waals surface area contributed by atoms with Crippen molar-refractivity contribution in [3.8, 4) is 0 Å². The van der Waals surface area contributed by atoms with Crippen LogP contribution in [0.4, 0.5) is 0 Å². The van der Waals surface area contributed by atoms with Crippen LogP contribution in [-0.2, 0) is 0 Å². The maximum absolute atomic E-state index is 4.41. The molecule has 5 nitrogen and oxygen atoms in total. The summed E-state index contributed by atoms with van der Waals surface area (Å²) in [6.45, 7) is 10.5. The molecule has 0 atom stereocenters. The van der Waals surface area contributed by atoms with Gasteiger partial charge in [-0.3, -0.25) is 4.99 Å². The van der Waals surface area contributed by atoms with E-state index in [1.807, 2.05) is 7.05 Å². The molecule has 0 spiro atoms. The second-order valence-electron chi connectivity index (χ2n) is 7.25. The number of hydrogen-bond donors (Lipinski definition) is 2. The Hall–Kier alpha value is -0.0800. The third-order valence-corrected chi connectivity index (χ3v) is 5.22. The van der Waals surface area contributed by atoms with Crippen molar-refractivity contribution < 1.29 is 0 Å². The predicted octanol–water partition coefficient (Wildman–Crippen LogP) is 1.98. The molecule has 136 valence electrons. The Morgan fingerprint density at radius 2 is 1.70 bits per heavy atom. The average Bonchev–Trinajstić information content (AvgIpc) is 2.53. The molecule has 2 heterocycles. The molecule has 2 aliphatic heterocycles. The van der Waals surface area contributed by atoms with E-state index in [9.17, 15) is 0 Å². The molecule has 2 fully saturated rings. The summed E-state index contributed by atoms with van der Waals surface area (Å²) < 4.78 is 0. The fourth-order valence-corrected chi connectivity index (χ4v) is 3.46. The molecule has 0 saturated carbocycles. The van der Waals surface area contributed by atoms with Crippen LogP contribution in [0.25, 0.3) is 0 Å². The molecule has 0 amide bonds. The maximum atomic E-state index is 4.41. The van der Waals surface area contributed by atoms with Gasteiger partial charge in [0.2, 0.25) is 0 Å². The topological polar surface area (TPSA) is 42.9 Å². The summed E-state index contributed by atoms with van der Waals surface area (Å²) >= 11 is 0. The Morgan fingerprint density at radius 3 is 2.22 bits per heavy atom. The lowest BCUT2D eigenvalue weighted by Gasteiger charge is -2.35. The molecule has 0 aromatic rings. The minimum absolute atomic E-state index is 0. The van der Waals surface area contributed by atoms with E-state index in [0.29, 0.717) is 12.1 Å². The first-order chi connectivity index (χ1) is 10.6. The summed E-state index contributed by atoms with van der Waals surface area (Å²) in [6, 6.07) is 1.24. The Bertz CT molecular complexity index is 345. The van der Waals surface area contributed by atoms with E-state index in [1.54, 1.807) is 0 Å². The zero-order valence-electron chi connectivity index (χ0n) is 15.3. The Kier molecular flexibility index (Phi) is 9.77. The summed E-state index contributed by atoms with van der Waals surface area (Å²) in [5.41, 5.74) is 0. The zero-order valence-corrected chi connectivity index (χ0v) is 17.7. The third-order valence-electron chi connectivity index (χ3n) is 5.22. The third kappa shape index (κ3) is 7.13. The summed E-state index contributed by atoms with van der Waals surface area (Å²) in [4.78, 5) is 9.39. The number of guanidine groups is 1. The minimum Gasteiger partial charge on any atom is -0.356 e. The molecule has 0 unspecified atom stereocenters. The van der Waals surface area contributed by atoms with Crippen LogP contribution >= 0.6 is 24.0 Å². The lowest BCUT2D eigenvalue weighted by atomic mass is 9.97. The number of rotatable bonds is 4. The first-order valence-corrected chi connectivity index (χ1v) is 8.98. The van der Waals surface area contributed by atoms with Crippen molar-refractivity contribution in [1.29, 1.82) is 0 Å². The van der Waals surface area contributed by atoms with Crippen LogP contribution in [0.2, 0.25) is 0 Å². The number of nitrogens with zero attached hydrogens (tertiary/aromatic N) is 3. The lowest BCUT2D eigenvalue weighted by Crippen LogP contribution is -2.50. The van der Waals surface area contributed by atoms with Gasteiger partial charge in [0.15, 0.2) is 5.96 Å². The van der Waals surface area contributed by atoms with Crippen molar-refractivity contribution in [3.63, 3.8) is 0 Å². The Morgan fingerprint density at radius 1 is 1.09 bits per heavy atom. The molecule has 0 aliphatic carbocycles. The molecule has 0 aromatic heterocycles. The van der Waals surface area contributed by atoms with Crippen LogP contribution in [0.1, 0.15) is 39.5 Å². The van der Waals surface area contributed by atoms with E-state index in [4.69, 9.17) is 0 Å². The van der Waals surface area contributed by atoms with E-state index in [0.717, 1.165) is 18.4 Å². The standard InChI is InChI=1S/C17H35N5.HI/c1-14(2)22-11-7-16(8-12-22)20-17(18-3)19-13-15-5-9-21(4)10-6-15;/h14-16H,5-13H2,1-4H3,(H2,18,19,20);1H.